The molecule has 20 heavy (non-hydrogen) atoms. The molecule has 0 radical (unpaired) electrons. The average molecular weight is 275 g/mol. The summed E-state index contributed by atoms with van der Waals surface area (Å²) in [5.74, 6) is 1.18. The van der Waals surface area contributed by atoms with Gasteiger partial charge < -0.3 is 10.4 Å². The van der Waals surface area contributed by atoms with Crippen molar-refractivity contribution < 1.29 is 5.11 Å². The number of hydrogen-bond acceptors (Lipinski definition) is 2. The molecule has 0 heterocycles. The summed E-state index contributed by atoms with van der Waals surface area (Å²) in [6, 6.07) is 5.83. The van der Waals surface area contributed by atoms with Gasteiger partial charge in [0.05, 0.1) is 0 Å². The first kappa shape index (κ1) is 15.4. The van der Waals surface area contributed by atoms with Crippen LogP contribution in [0.3, 0.4) is 0 Å². The van der Waals surface area contributed by atoms with Gasteiger partial charge in [0.25, 0.3) is 0 Å². The van der Waals surface area contributed by atoms with E-state index in [1.165, 1.54) is 37.7 Å². The maximum absolute atomic E-state index is 9.90. The predicted octanol–water partition coefficient (Wildman–Crippen LogP) is 4.40. The van der Waals surface area contributed by atoms with Gasteiger partial charge in [-0.2, -0.15) is 0 Å². The van der Waals surface area contributed by atoms with E-state index in [-0.39, 0.29) is 0 Å². The van der Waals surface area contributed by atoms with Crippen molar-refractivity contribution in [2.24, 2.45) is 11.3 Å². The minimum atomic E-state index is 0.410. The molecule has 0 saturated heterocycles. The van der Waals surface area contributed by atoms with E-state index in [2.05, 4.69) is 32.2 Å². The number of aryl methyl sites for hydroxylation is 1. The highest BCUT2D eigenvalue weighted by molar-refractivity contribution is 5.35. The second-order valence-corrected chi connectivity index (χ2v) is 7.04. The zero-order chi connectivity index (χ0) is 14.6. The van der Waals surface area contributed by atoms with Gasteiger partial charge in [0.2, 0.25) is 0 Å². The average Bonchev–Trinajstić information content (AvgIpc) is 2.81. The predicted molar refractivity (Wildman–Crippen MR) is 84.9 cm³/mol. The Bertz CT molecular complexity index is 433. The summed E-state index contributed by atoms with van der Waals surface area (Å²) >= 11 is 0. The highest BCUT2D eigenvalue weighted by Crippen LogP contribution is 2.42. The Morgan fingerprint density at radius 1 is 1.25 bits per heavy atom. The van der Waals surface area contributed by atoms with Crippen molar-refractivity contribution >= 4 is 0 Å². The summed E-state index contributed by atoms with van der Waals surface area (Å²) in [5.41, 5.74) is 2.72. The van der Waals surface area contributed by atoms with Gasteiger partial charge in [0.1, 0.15) is 5.75 Å². The maximum atomic E-state index is 9.90. The number of phenolic OH excluding ortho intramolecular Hbond substituents is 1. The van der Waals surface area contributed by atoms with Crippen LogP contribution in [0.5, 0.6) is 5.75 Å². The van der Waals surface area contributed by atoms with Crippen LogP contribution in [0, 0.1) is 18.3 Å². The Labute approximate surface area is 123 Å². The fourth-order valence-electron chi connectivity index (χ4n) is 3.76. The summed E-state index contributed by atoms with van der Waals surface area (Å²) in [5, 5.41) is 13.5. The summed E-state index contributed by atoms with van der Waals surface area (Å²) < 4.78 is 0. The molecular weight excluding hydrogens is 246 g/mol. The molecule has 2 heteroatoms. The lowest BCUT2D eigenvalue weighted by Gasteiger charge is -2.31. The van der Waals surface area contributed by atoms with Gasteiger partial charge >= 0.3 is 0 Å². The summed E-state index contributed by atoms with van der Waals surface area (Å²) in [6.45, 7) is 8.57. The number of phenols is 1. The topological polar surface area (TPSA) is 32.3 Å². The molecule has 0 bridgehead atoms. The van der Waals surface area contributed by atoms with E-state index in [4.69, 9.17) is 0 Å². The van der Waals surface area contributed by atoms with Crippen molar-refractivity contribution in [3.63, 3.8) is 0 Å². The van der Waals surface area contributed by atoms with Gasteiger partial charge in [0, 0.05) is 18.7 Å². The van der Waals surface area contributed by atoms with Crippen LogP contribution in [0.25, 0.3) is 0 Å². The highest BCUT2D eigenvalue weighted by atomic mass is 16.3. The molecular formula is C18H29NO. The van der Waals surface area contributed by atoms with Crippen molar-refractivity contribution in [3.8, 4) is 5.75 Å². The van der Waals surface area contributed by atoms with Gasteiger partial charge in [-0.25, -0.2) is 0 Å². The van der Waals surface area contributed by atoms with Crippen LogP contribution in [-0.4, -0.2) is 11.7 Å². The van der Waals surface area contributed by atoms with Gasteiger partial charge in [-0.15, -0.1) is 0 Å². The van der Waals surface area contributed by atoms with E-state index in [1.54, 1.807) is 6.07 Å². The Balaban J connectivity index is 1.91. The molecule has 0 amide bonds. The van der Waals surface area contributed by atoms with Gasteiger partial charge in [-0.05, 0) is 43.6 Å². The molecule has 1 fully saturated rings. The molecule has 1 aromatic carbocycles. The molecule has 0 unspecified atom stereocenters. The van der Waals surface area contributed by atoms with Crippen LogP contribution in [-0.2, 0) is 6.54 Å². The molecule has 1 aromatic rings. The van der Waals surface area contributed by atoms with Gasteiger partial charge in [0.15, 0.2) is 0 Å². The standard InChI is InChI=1S/C18H29NO/c1-14(2)11-18(8-4-5-9-18)13-19-12-16-10-15(3)6-7-17(16)20/h6-7,10,14,19-20H,4-5,8-9,11-13H2,1-3H3. The summed E-state index contributed by atoms with van der Waals surface area (Å²) in [7, 11) is 0. The first-order chi connectivity index (χ1) is 9.51. The second kappa shape index (κ2) is 6.62. The molecule has 0 aliphatic heterocycles. The molecule has 2 N–H and O–H groups in total. The maximum Gasteiger partial charge on any atom is 0.120 e. The van der Waals surface area contributed by atoms with Crippen molar-refractivity contribution in [2.45, 2.75) is 59.4 Å². The zero-order valence-corrected chi connectivity index (χ0v) is 13.2. The summed E-state index contributed by atoms with van der Waals surface area (Å²) in [6.07, 6.45) is 6.80. The molecule has 1 aliphatic rings. The smallest absolute Gasteiger partial charge is 0.120 e. The first-order valence-electron chi connectivity index (χ1n) is 8.00. The third kappa shape index (κ3) is 3.99. The van der Waals surface area contributed by atoms with Crippen molar-refractivity contribution in [2.75, 3.05) is 6.54 Å². The van der Waals surface area contributed by atoms with Gasteiger partial charge in [-0.1, -0.05) is 44.4 Å². The van der Waals surface area contributed by atoms with Crippen molar-refractivity contribution in [3.05, 3.63) is 29.3 Å². The molecule has 0 spiro atoms. The lowest BCUT2D eigenvalue weighted by Crippen LogP contribution is -2.33. The number of aromatic hydroxyl groups is 1. The van der Waals surface area contributed by atoms with Gasteiger partial charge in [-0.3, -0.25) is 0 Å². The fourth-order valence-corrected chi connectivity index (χ4v) is 3.76. The van der Waals surface area contributed by atoms with E-state index in [0.717, 1.165) is 24.6 Å². The molecule has 2 rings (SSSR count). The van der Waals surface area contributed by atoms with E-state index in [9.17, 15) is 5.11 Å². The third-order valence-electron chi connectivity index (χ3n) is 4.56. The minimum absolute atomic E-state index is 0.410. The van der Waals surface area contributed by atoms with Crippen LogP contribution >= 0.6 is 0 Å². The first-order valence-corrected chi connectivity index (χ1v) is 8.00. The molecule has 112 valence electrons. The Kier molecular flexibility index (Phi) is 5.09. The number of rotatable bonds is 6. The normalized spacial score (nSPS) is 17.8. The van der Waals surface area contributed by atoms with Crippen LogP contribution in [0.4, 0.5) is 0 Å². The zero-order valence-electron chi connectivity index (χ0n) is 13.2. The number of benzene rings is 1. The van der Waals surface area contributed by atoms with Crippen LogP contribution in [0.1, 0.15) is 57.1 Å². The molecule has 1 aliphatic carbocycles. The van der Waals surface area contributed by atoms with Crippen LogP contribution < -0.4 is 5.32 Å². The third-order valence-corrected chi connectivity index (χ3v) is 4.56. The highest BCUT2D eigenvalue weighted by Gasteiger charge is 2.33. The van der Waals surface area contributed by atoms with E-state index in [0.29, 0.717) is 11.2 Å². The largest absolute Gasteiger partial charge is 0.508 e. The Morgan fingerprint density at radius 2 is 1.95 bits per heavy atom. The van der Waals surface area contributed by atoms with E-state index in [1.807, 2.05) is 6.07 Å². The lowest BCUT2D eigenvalue weighted by atomic mass is 9.78. The Hall–Kier alpha value is -1.02. The second-order valence-electron chi connectivity index (χ2n) is 7.04. The lowest BCUT2D eigenvalue weighted by molar-refractivity contribution is 0.223. The van der Waals surface area contributed by atoms with Crippen LogP contribution in [0.15, 0.2) is 18.2 Å². The fraction of sp³-hybridized carbons (Fsp3) is 0.667. The quantitative estimate of drug-likeness (QED) is 0.806. The van der Waals surface area contributed by atoms with E-state index >= 15 is 0 Å². The number of hydrogen-bond donors (Lipinski definition) is 2. The number of nitrogens with one attached hydrogen (secondary N) is 1. The van der Waals surface area contributed by atoms with Crippen molar-refractivity contribution in [1.29, 1.82) is 0 Å². The van der Waals surface area contributed by atoms with E-state index < -0.39 is 0 Å². The minimum Gasteiger partial charge on any atom is -0.508 e. The monoisotopic (exact) mass is 275 g/mol. The molecule has 0 atom stereocenters. The SMILES string of the molecule is Cc1ccc(O)c(CNCC2(CC(C)C)CCCC2)c1. The molecule has 0 aromatic heterocycles. The summed E-state index contributed by atoms with van der Waals surface area (Å²) in [4.78, 5) is 0. The van der Waals surface area contributed by atoms with Crippen LogP contribution in [0.2, 0.25) is 0 Å². The molecule has 1 saturated carbocycles. The Morgan fingerprint density at radius 3 is 2.60 bits per heavy atom. The molecule has 2 nitrogen and oxygen atoms in total. The van der Waals surface area contributed by atoms with Crippen molar-refractivity contribution in [1.82, 2.24) is 5.32 Å².